The van der Waals surface area contributed by atoms with Gasteiger partial charge in [0.2, 0.25) is 0 Å². The van der Waals surface area contributed by atoms with Crippen LogP contribution in [0.4, 0.5) is 4.39 Å². The zero-order valence-electron chi connectivity index (χ0n) is 11.6. The number of aryl methyl sites for hydroxylation is 1. The fourth-order valence-corrected chi connectivity index (χ4v) is 3.26. The van der Waals surface area contributed by atoms with E-state index >= 15 is 0 Å². The van der Waals surface area contributed by atoms with Crippen LogP contribution in [0.3, 0.4) is 0 Å². The SMILES string of the molecule is Cc1ccc(F)c(C(Br)c2ccc3c(c2)C(=O)NCC3)c1. The van der Waals surface area contributed by atoms with Gasteiger partial charge in [0.1, 0.15) is 5.82 Å². The molecule has 0 radical (unpaired) electrons. The highest BCUT2D eigenvalue weighted by atomic mass is 79.9. The molecule has 0 bridgehead atoms. The Labute approximate surface area is 131 Å². The zero-order valence-corrected chi connectivity index (χ0v) is 13.2. The first-order valence-corrected chi connectivity index (χ1v) is 7.79. The lowest BCUT2D eigenvalue weighted by Gasteiger charge is -2.19. The standard InChI is InChI=1S/C17H15BrFNO/c1-10-2-5-15(19)14(8-10)16(18)12-4-3-11-6-7-20-17(21)13(11)9-12/h2-5,8-9,16H,6-7H2,1H3,(H,20,21). The third kappa shape index (κ3) is 2.72. The van der Waals surface area contributed by atoms with Crippen molar-refractivity contribution in [1.29, 1.82) is 0 Å². The van der Waals surface area contributed by atoms with E-state index in [0.29, 0.717) is 17.7 Å². The summed E-state index contributed by atoms with van der Waals surface area (Å²) < 4.78 is 14.0. The van der Waals surface area contributed by atoms with E-state index in [1.165, 1.54) is 6.07 Å². The Morgan fingerprint density at radius 3 is 2.86 bits per heavy atom. The van der Waals surface area contributed by atoms with Gasteiger partial charge in [-0.1, -0.05) is 45.8 Å². The van der Waals surface area contributed by atoms with Crippen LogP contribution in [0.5, 0.6) is 0 Å². The molecule has 21 heavy (non-hydrogen) atoms. The first kappa shape index (κ1) is 14.3. The Hall–Kier alpha value is -1.68. The van der Waals surface area contributed by atoms with Gasteiger partial charge >= 0.3 is 0 Å². The van der Waals surface area contributed by atoms with Crippen molar-refractivity contribution in [3.8, 4) is 0 Å². The molecule has 1 heterocycles. The topological polar surface area (TPSA) is 29.1 Å². The number of halogens is 2. The molecule has 3 rings (SSSR count). The van der Waals surface area contributed by atoms with Crippen LogP contribution in [0.1, 0.15) is 37.4 Å². The minimum atomic E-state index is -0.266. The average Bonchev–Trinajstić information content (AvgIpc) is 2.49. The van der Waals surface area contributed by atoms with Gasteiger partial charge < -0.3 is 5.32 Å². The van der Waals surface area contributed by atoms with Gasteiger partial charge in [0.25, 0.3) is 5.91 Å². The number of hydrogen-bond donors (Lipinski definition) is 1. The smallest absolute Gasteiger partial charge is 0.251 e. The minimum Gasteiger partial charge on any atom is -0.352 e. The van der Waals surface area contributed by atoms with Gasteiger partial charge in [-0.2, -0.15) is 0 Å². The van der Waals surface area contributed by atoms with Crippen LogP contribution in [0.2, 0.25) is 0 Å². The maximum atomic E-state index is 14.0. The van der Waals surface area contributed by atoms with E-state index in [2.05, 4.69) is 21.2 Å². The summed E-state index contributed by atoms with van der Waals surface area (Å²) in [6.45, 7) is 2.61. The van der Waals surface area contributed by atoms with Crippen LogP contribution in [0.25, 0.3) is 0 Å². The lowest BCUT2D eigenvalue weighted by molar-refractivity contribution is 0.0946. The quantitative estimate of drug-likeness (QED) is 0.820. The normalized spacial score (nSPS) is 15.3. The number of nitrogens with one attached hydrogen (secondary N) is 1. The van der Waals surface area contributed by atoms with Crippen molar-refractivity contribution in [2.24, 2.45) is 0 Å². The fraction of sp³-hybridized carbons (Fsp3) is 0.235. The molecule has 0 saturated carbocycles. The maximum absolute atomic E-state index is 14.0. The van der Waals surface area contributed by atoms with Gasteiger partial charge in [-0.15, -0.1) is 0 Å². The molecule has 0 aliphatic carbocycles. The number of hydrogen-bond acceptors (Lipinski definition) is 1. The van der Waals surface area contributed by atoms with Gasteiger partial charge in [-0.25, -0.2) is 4.39 Å². The van der Waals surface area contributed by atoms with Gasteiger partial charge in [0.05, 0.1) is 4.83 Å². The Morgan fingerprint density at radius 2 is 2.05 bits per heavy atom. The summed E-state index contributed by atoms with van der Waals surface area (Å²) in [4.78, 5) is 11.7. The van der Waals surface area contributed by atoms with Gasteiger partial charge in [0.15, 0.2) is 0 Å². The predicted molar refractivity (Wildman–Crippen MR) is 84.4 cm³/mol. The monoisotopic (exact) mass is 347 g/mol. The summed E-state index contributed by atoms with van der Waals surface area (Å²) in [6, 6.07) is 10.8. The van der Waals surface area contributed by atoms with Crippen LogP contribution in [-0.2, 0) is 6.42 Å². The molecule has 2 aromatic rings. The number of amides is 1. The van der Waals surface area contributed by atoms with Crippen LogP contribution < -0.4 is 5.32 Å². The first-order chi connectivity index (χ1) is 10.1. The number of fused-ring (bicyclic) bond motifs is 1. The van der Waals surface area contributed by atoms with Crippen molar-refractivity contribution >= 4 is 21.8 Å². The van der Waals surface area contributed by atoms with Crippen LogP contribution >= 0.6 is 15.9 Å². The molecule has 1 aliphatic heterocycles. The summed E-state index contributed by atoms with van der Waals surface area (Å²) in [5, 5.41) is 2.84. The van der Waals surface area contributed by atoms with E-state index < -0.39 is 0 Å². The molecular weight excluding hydrogens is 333 g/mol. The fourth-order valence-electron chi connectivity index (χ4n) is 2.62. The summed E-state index contributed by atoms with van der Waals surface area (Å²) in [5.74, 6) is -0.299. The maximum Gasteiger partial charge on any atom is 0.251 e. The van der Waals surface area contributed by atoms with Crippen molar-refractivity contribution < 1.29 is 9.18 Å². The van der Waals surface area contributed by atoms with Crippen molar-refractivity contribution in [2.75, 3.05) is 6.54 Å². The van der Waals surface area contributed by atoms with Crippen LogP contribution in [0, 0.1) is 12.7 Å². The number of rotatable bonds is 2. The van der Waals surface area contributed by atoms with E-state index in [1.54, 1.807) is 6.07 Å². The molecule has 0 saturated heterocycles. The molecule has 1 amide bonds. The summed E-state index contributed by atoms with van der Waals surface area (Å²) >= 11 is 3.56. The van der Waals surface area contributed by atoms with Gasteiger partial charge in [-0.3, -0.25) is 4.79 Å². The van der Waals surface area contributed by atoms with E-state index in [1.807, 2.05) is 31.2 Å². The Bertz CT molecular complexity index is 714. The second-order valence-corrected chi connectivity index (χ2v) is 6.23. The highest BCUT2D eigenvalue weighted by Crippen LogP contribution is 2.34. The van der Waals surface area contributed by atoms with Crippen molar-refractivity contribution in [2.45, 2.75) is 18.2 Å². The number of alkyl halides is 1. The average molecular weight is 348 g/mol. The molecule has 0 aromatic heterocycles. The molecular formula is C17H15BrFNO. The molecule has 1 unspecified atom stereocenters. The second kappa shape index (κ2) is 5.60. The number of carbonyl (C=O) groups excluding carboxylic acids is 1. The molecule has 1 N–H and O–H groups in total. The second-order valence-electron chi connectivity index (χ2n) is 5.31. The lowest BCUT2D eigenvalue weighted by atomic mass is 9.94. The van der Waals surface area contributed by atoms with Crippen LogP contribution in [0.15, 0.2) is 36.4 Å². The lowest BCUT2D eigenvalue weighted by Crippen LogP contribution is -2.31. The summed E-state index contributed by atoms with van der Waals surface area (Å²) in [5.41, 5.74) is 4.22. The molecule has 4 heteroatoms. The van der Waals surface area contributed by atoms with E-state index in [4.69, 9.17) is 0 Å². The van der Waals surface area contributed by atoms with E-state index in [9.17, 15) is 9.18 Å². The third-order valence-electron chi connectivity index (χ3n) is 3.78. The summed E-state index contributed by atoms with van der Waals surface area (Å²) in [6.07, 6.45) is 0.840. The zero-order chi connectivity index (χ0) is 15.0. The van der Waals surface area contributed by atoms with Gasteiger partial charge in [-0.05, 0) is 36.6 Å². The largest absolute Gasteiger partial charge is 0.352 e. The first-order valence-electron chi connectivity index (χ1n) is 6.87. The van der Waals surface area contributed by atoms with E-state index in [0.717, 1.165) is 23.1 Å². The number of benzene rings is 2. The molecule has 2 nitrogen and oxygen atoms in total. The molecule has 1 atom stereocenters. The van der Waals surface area contributed by atoms with Crippen molar-refractivity contribution in [3.63, 3.8) is 0 Å². The summed E-state index contributed by atoms with van der Waals surface area (Å²) in [7, 11) is 0. The Balaban J connectivity index is 2.02. The van der Waals surface area contributed by atoms with Crippen LogP contribution in [-0.4, -0.2) is 12.5 Å². The molecule has 0 spiro atoms. The Kier molecular flexibility index (Phi) is 3.81. The molecule has 2 aromatic carbocycles. The van der Waals surface area contributed by atoms with Crippen molar-refractivity contribution in [1.82, 2.24) is 5.32 Å². The highest BCUT2D eigenvalue weighted by molar-refractivity contribution is 9.09. The van der Waals surface area contributed by atoms with Crippen molar-refractivity contribution in [3.05, 3.63) is 70.0 Å². The molecule has 0 fully saturated rings. The predicted octanol–water partition coefficient (Wildman–Crippen LogP) is 3.90. The minimum absolute atomic E-state index is 0.0532. The Morgan fingerprint density at radius 1 is 1.24 bits per heavy atom. The van der Waals surface area contributed by atoms with E-state index in [-0.39, 0.29) is 16.6 Å². The van der Waals surface area contributed by atoms with Gasteiger partial charge in [0, 0.05) is 17.7 Å². The third-order valence-corrected chi connectivity index (χ3v) is 4.80. The molecule has 1 aliphatic rings. The number of carbonyl (C=O) groups is 1. The molecule has 108 valence electrons. The highest BCUT2D eigenvalue weighted by Gasteiger charge is 2.20.